The van der Waals surface area contributed by atoms with Crippen molar-refractivity contribution < 1.29 is 24.4 Å². The Hall–Kier alpha value is -0.200. The minimum absolute atomic E-state index is 0. The summed E-state index contributed by atoms with van der Waals surface area (Å²) in [5, 5.41) is 16.5. The van der Waals surface area contributed by atoms with E-state index in [0.29, 0.717) is 26.4 Å². The Kier molecular flexibility index (Phi) is 35.0. The van der Waals surface area contributed by atoms with E-state index in [4.69, 9.17) is 24.4 Å². The Balaban J connectivity index is -0.000000315. The zero-order chi connectivity index (χ0) is 16.0. The van der Waals surface area contributed by atoms with Crippen LogP contribution in [-0.2, 0) is 14.2 Å². The number of aliphatic hydroxyl groups is 2. The highest BCUT2D eigenvalue weighted by atomic mass is 16.5. The van der Waals surface area contributed by atoms with Gasteiger partial charge < -0.3 is 24.4 Å². The number of aliphatic hydroxyl groups excluding tert-OH is 2. The molecule has 0 heterocycles. The molecule has 2 N–H and O–H groups in total. The lowest BCUT2D eigenvalue weighted by atomic mass is 10.2. The monoisotopic (exact) mass is 324 g/mol. The second kappa shape index (κ2) is 28.9. The molecule has 0 aliphatic heterocycles. The second-order valence-corrected chi connectivity index (χ2v) is 4.70. The molecule has 0 atom stereocenters. The Labute approximate surface area is 138 Å². The zero-order valence-corrected chi connectivity index (χ0v) is 14.0. The molecule has 0 unspecified atom stereocenters. The highest BCUT2D eigenvalue weighted by Crippen LogP contribution is 1.97. The topological polar surface area (TPSA) is 68.2 Å². The molecule has 0 rings (SSSR count). The van der Waals surface area contributed by atoms with Gasteiger partial charge in [0, 0.05) is 13.2 Å². The fraction of sp³-hybridized carbons (Fsp3) is 1.00. The van der Waals surface area contributed by atoms with Gasteiger partial charge in [-0.15, -0.1) is 0 Å². The first-order valence-corrected chi connectivity index (χ1v) is 8.28. The average Bonchev–Trinajstić information content (AvgIpc) is 2.51. The van der Waals surface area contributed by atoms with Gasteiger partial charge in [0.2, 0.25) is 0 Å². The number of rotatable bonds is 15. The predicted octanol–water partition coefficient (Wildman–Crippen LogP) is 3.02. The maximum absolute atomic E-state index is 8.26. The number of unbranched alkanes of at least 4 members (excludes halogenated alkanes) is 4. The molecule has 0 saturated carbocycles. The summed E-state index contributed by atoms with van der Waals surface area (Å²) in [7, 11) is 0. The van der Waals surface area contributed by atoms with E-state index >= 15 is 0 Å². The van der Waals surface area contributed by atoms with E-state index in [2.05, 4.69) is 13.8 Å². The quantitative estimate of drug-likeness (QED) is 0.453. The Bertz CT molecular complexity index is 140. The van der Waals surface area contributed by atoms with E-state index in [1.54, 1.807) is 0 Å². The van der Waals surface area contributed by atoms with E-state index in [0.717, 1.165) is 13.2 Å². The normalized spacial score (nSPS) is 9.82. The third-order valence-corrected chi connectivity index (χ3v) is 2.63. The Morgan fingerprint density at radius 1 is 0.545 bits per heavy atom. The van der Waals surface area contributed by atoms with Crippen LogP contribution in [0.15, 0.2) is 0 Å². The van der Waals surface area contributed by atoms with Gasteiger partial charge in [-0.3, -0.25) is 0 Å². The molecular formula is C17H40O5. The lowest BCUT2D eigenvalue weighted by molar-refractivity contribution is 0.0222. The molecule has 0 amide bonds. The van der Waals surface area contributed by atoms with Crippen molar-refractivity contribution in [3.8, 4) is 0 Å². The molecule has 5 nitrogen and oxygen atoms in total. The molecular weight excluding hydrogens is 284 g/mol. The van der Waals surface area contributed by atoms with Crippen molar-refractivity contribution in [2.45, 2.75) is 59.8 Å². The van der Waals surface area contributed by atoms with Gasteiger partial charge in [0.25, 0.3) is 0 Å². The first-order valence-electron chi connectivity index (χ1n) is 8.28. The lowest BCUT2D eigenvalue weighted by Crippen LogP contribution is -2.09. The molecule has 22 heavy (non-hydrogen) atoms. The minimum atomic E-state index is 0. The first-order chi connectivity index (χ1) is 10.3. The molecule has 0 aliphatic carbocycles. The third kappa shape index (κ3) is 31.9. The van der Waals surface area contributed by atoms with Crippen LogP contribution in [0.1, 0.15) is 59.8 Å². The van der Waals surface area contributed by atoms with Crippen molar-refractivity contribution in [1.82, 2.24) is 0 Å². The summed E-state index contributed by atoms with van der Waals surface area (Å²) in [5.41, 5.74) is 0. The van der Waals surface area contributed by atoms with Crippen molar-refractivity contribution in [2.75, 3.05) is 52.9 Å². The van der Waals surface area contributed by atoms with Crippen LogP contribution in [0.3, 0.4) is 0 Å². The number of hydrogen-bond donors (Lipinski definition) is 2. The molecule has 0 radical (unpaired) electrons. The Morgan fingerprint density at radius 2 is 0.909 bits per heavy atom. The summed E-state index contributed by atoms with van der Waals surface area (Å²) in [6.45, 7) is 8.11. The van der Waals surface area contributed by atoms with Crippen LogP contribution in [0, 0.1) is 0 Å². The molecule has 0 aromatic carbocycles. The van der Waals surface area contributed by atoms with Crippen LogP contribution in [0.25, 0.3) is 0 Å². The van der Waals surface area contributed by atoms with Crippen LogP contribution in [0.2, 0.25) is 0 Å². The molecule has 0 spiro atoms. The van der Waals surface area contributed by atoms with E-state index in [-0.39, 0.29) is 20.6 Å². The van der Waals surface area contributed by atoms with Gasteiger partial charge in [0.1, 0.15) is 0 Å². The van der Waals surface area contributed by atoms with Gasteiger partial charge in [-0.05, 0) is 12.8 Å². The first kappa shape index (κ1) is 26.7. The summed E-state index contributed by atoms with van der Waals surface area (Å²) < 4.78 is 15.2. The lowest BCUT2D eigenvalue weighted by Gasteiger charge is -2.01. The molecule has 0 aromatic heterocycles. The summed E-state index contributed by atoms with van der Waals surface area (Å²) in [6, 6.07) is 0. The van der Waals surface area contributed by atoms with Crippen molar-refractivity contribution in [2.24, 2.45) is 0 Å². The zero-order valence-electron chi connectivity index (χ0n) is 14.0. The molecule has 5 heteroatoms. The average molecular weight is 325 g/mol. The fourth-order valence-electron chi connectivity index (χ4n) is 1.46. The van der Waals surface area contributed by atoms with E-state index in [1.807, 2.05) is 0 Å². The van der Waals surface area contributed by atoms with Gasteiger partial charge >= 0.3 is 0 Å². The van der Waals surface area contributed by atoms with E-state index in [9.17, 15) is 0 Å². The van der Waals surface area contributed by atoms with Crippen molar-refractivity contribution in [1.29, 1.82) is 0 Å². The third-order valence-electron chi connectivity index (χ3n) is 2.63. The highest BCUT2D eigenvalue weighted by Gasteiger charge is 1.88. The van der Waals surface area contributed by atoms with Crippen molar-refractivity contribution in [3.63, 3.8) is 0 Å². The molecule has 138 valence electrons. The summed E-state index contributed by atoms with van der Waals surface area (Å²) in [4.78, 5) is 0. The summed E-state index contributed by atoms with van der Waals surface area (Å²) >= 11 is 0. The van der Waals surface area contributed by atoms with Crippen LogP contribution < -0.4 is 0 Å². The van der Waals surface area contributed by atoms with Crippen LogP contribution >= 0.6 is 0 Å². The van der Waals surface area contributed by atoms with Gasteiger partial charge in [-0.2, -0.15) is 0 Å². The molecule has 0 bridgehead atoms. The second-order valence-electron chi connectivity index (χ2n) is 4.70. The van der Waals surface area contributed by atoms with E-state index < -0.39 is 0 Å². The van der Waals surface area contributed by atoms with E-state index in [1.165, 1.54) is 38.5 Å². The van der Waals surface area contributed by atoms with Crippen LogP contribution in [0.4, 0.5) is 0 Å². The van der Waals surface area contributed by atoms with Crippen LogP contribution in [0.5, 0.6) is 0 Å². The van der Waals surface area contributed by atoms with Gasteiger partial charge in [-0.25, -0.2) is 0 Å². The summed E-state index contributed by atoms with van der Waals surface area (Å²) in [5.74, 6) is 0. The standard InChI is InChI=1S/C10H22O.C6H14O4.CH4/c1-3-5-7-9-11-10-8-6-4-2;7-1-3-9-5-6-10-4-2-8;/h3-10H2,1-2H3;7-8H,1-6H2;1H4. The van der Waals surface area contributed by atoms with Crippen LogP contribution in [-0.4, -0.2) is 63.1 Å². The van der Waals surface area contributed by atoms with Gasteiger partial charge in [-0.1, -0.05) is 47.0 Å². The number of ether oxygens (including phenoxy) is 3. The molecule has 0 aliphatic rings. The maximum atomic E-state index is 8.26. The van der Waals surface area contributed by atoms with Crippen molar-refractivity contribution >= 4 is 0 Å². The summed E-state index contributed by atoms with van der Waals surface area (Å²) in [6.07, 6.45) is 7.68. The maximum Gasteiger partial charge on any atom is 0.0701 e. The van der Waals surface area contributed by atoms with Gasteiger partial charge in [0.05, 0.1) is 39.6 Å². The Morgan fingerprint density at radius 3 is 1.23 bits per heavy atom. The largest absolute Gasteiger partial charge is 0.394 e. The molecule has 0 fully saturated rings. The van der Waals surface area contributed by atoms with Crippen molar-refractivity contribution in [3.05, 3.63) is 0 Å². The van der Waals surface area contributed by atoms with Gasteiger partial charge in [0.15, 0.2) is 0 Å². The number of hydrogen-bond acceptors (Lipinski definition) is 5. The smallest absolute Gasteiger partial charge is 0.0701 e. The predicted molar refractivity (Wildman–Crippen MR) is 92.4 cm³/mol. The SMILES string of the molecule is C.CCCCCOCCCCC.OCCOCCOCCO. The fourth-order valence-corrected chi connectivity index (χ4v) is 1.46. The minimum Gasteiger partial charge on any atom is -0.394 e. The molecule has 0 aromatic rings. The molecule has 0 saturated heterocycles. The highest BCUT2D eigenvalue weighted by molar-refractivity contribution is 4.38.